The molecule has 0 heteroatoms. The summed E-state index contributed by atoms with van der Waals surface area (Å²) < 4.78 is 0. The van der Waals surface area contributed by atoms with Gasteiger partial charge in [-0.05, 0) is 38.0 Å². The van der Waals surface area contributed by atoms with Crippen LogP contribution in [0, 0.1) is 11.8 Å². The Morgan fingerprint density at radius 3 is 2.62 bits per heavy atom. The van der Waals surface area contributed by atoms with Crippen LogP contribution in [0.5, 0.6) is 0 Å². The van der Waals surface area contributed by atoms with Gasteiger partial charge in [-0.15, -0.1) is 0 Å². The SMILES string of the molecule is CC1=CC2CC[C@H]1C2. The fourth-order valence-corrected chi connectivity index (χ4v) is 2.09. The van der Waals surface area contributed by atoms with Gasteiger partial charge < -0.3 is 0 Å². The lowest BCUT2D eigenvalue weighted by Crippen LogP contribution is -1.91. The lowest BCUT2D eigenvalue weighted by Gasteiger charge is -2.05. The summed E-state index contributed by atoms with van der Waals surface area (Å²) in [4.78, 5) is 0. The Labute approximate surface area is 50.6 Å². The van der Waals surface area contributed by atoms with E-state index in [9.17, 15) is 0 Å². The molecule has 8 heavy (non-hydrogen) atoms. The van der Waals surface area contributed by atoms with Gasteiger partial charge in [0, 0.05) is 0 Å². The molecule has 2 aliphatic rings. The molecule has 0 nitrogen and oxygen atoms in total. The molecule has 0 heterocycles. The molecule has 0 radical (unpaired) electrons. The van der Waals surface area contributed by atoms with Gasteiger partial charge in [0.15, 0.2) is 0 Å². The lowest BCUT2D eigenvalue weighted by atomic mass is 10.0. The molecule has 0 aromatic carbocycles. The van der Waals surface area contributed by atoms with Gasteiger partial charge in [-0.2, -0.15) is 0 Å². The smallest absolute Gasteiger partial charge is 0.0200 e. The molecule has 0 saturated heterocycles. The Balaban J connectivity index is 2.29. The first-order valence-electron chi connectivity index (χ1n) is 3.54. The maximum absolute atomic E-state index is 2.47. The van der Waals surface area contributed by atoms with E-state index in [2.05, 4.69) is 13.0 Å². The largest absolute Gasteiger partial charge is 0.0822 e. The minimum Gasteiger partial charge on any atom is -0.0822 e. The molecule has 1 unspecified atom stereocenters. The monoisotopic (exact) mass is 108 g/mol. The van der Waals surface area contributed by atoms with Crippen molar-refractivity contribution in [2.75, 3.05) is 0 Å². The molecule has 0 spiro atoms. The van der Waals surface area contributed by atoms with Crippen LogP contribution in [0.4, 0.5) is 0 Å². The molecule has 0 N–H and O–H groups in total. The zero-order chi connectivity index (χ0) is 5.56. The van der Waals surface area contributed by atoms with Crippen molar-refractivity contribution in [3.05, 3.63) is 11.6 Å². The maximum atomic E-state index is 2.47. The Hall–Kier alpha value is -0.260. The number of hydrogen-bond acceptors (Lipinski definition) is 0. The molecule has 2 aliphatic carbocycles. The molecule has 2 rings (SSSR count). The fraction of sp³-hybridized carbons (Fsp3) is 0.750. The van der Waals surface area contributed by atoms with E-state index in [1.807, 2.05) is 0 Å². The van der Waals surface area contributed by atoms with Crippen molar-refractivity contribution in [1.82, 2.24) is 0 Å². The summed E-state index contributed by atoms with van der Waals surface area (Å²) in [5.74, 6) is 1.99. The van der Waals surface area contributed by atoms with Gasteiger partial charge in [-0.25, -0.2) is 0 Å². The quantitative estimate of drug-likeness (QED) is 0.418. The molecule has 2 bridgehead atoms. The standard InChI is InChI=1S/C8H12/c1-6-4-7-2-3-8(6)5-7/h4,7-8H,2-3,5H2,1H3/t7?,8-/m0/s1. The fourth-order valence-electron chi connectivity index (χ4n) is 2.09. The van der Waals surface area contributed by atoms with Crippen LogP contribution in [0.1, 0.15) is 26.2 Å². The highest BCUT2D eigenvalue weighted by Crippen LogP contribution is 2.42. The third-order valence-electron chi connectivity index (χ3n) is 2.62. The topological polar surface area (TPSA) is 0 Å². The molecule has 2 atom stereocenters. The predicted octanol–water partition coefficient (Wildman–Crippen LogP) is 2.36. The second-order valence-corrected chi connectivity index (χ2v) is 3.18. The highest BCUT2D eigenvalue weighted by molar-refractivity contribution is 5.16. The summed E-state index contributed by atoms with van der Waals surface area (Å²) in [6.07, 6.45) is 6.90. The third-order valence-corrected chi connectivity index (χ3v) is 2.62. The summed E-state index contributed by atoms with van der Waals surface area (Å²) in [5, 5.41) is 0. The molecule has 0 aromatic rings. The molecule has 0 aliphatic heterocycles. The van der Waals surface area contributed by atoms with E-state index in [1.54, 1.807) is 5.57 Å². The first-order valence-corrected chi connectivity index (χ1v) is 3.54. The van der Waals surface area contributed by atoms with Gasteiger partial charge in [0.2, 0.25) is 0 Å². The normalized spacial score (nSPS) is 42.9. The van der Waals surface area contributed by atoms with Crippen molar-refractivity contribution < 1.29 is 0 Å². The van der Waals surface area contributed by atoms with Gasteiger partial charge in [0.25, 0.3) is 0 Å². The van der Waals surface area contributed by atoms with Crippen LogP contribution < -0.4 is 0 Å². The Morgan fingerprint density at radius 1 is 1.50 bits per heavy atom. The van der Waals surface area contributed by atoms with Crippen LogP contribution >= 0.6 is 0 Å². The number of fused-ring (bicyclic) bond motifs is 2. The van der Waals surface area contributed by atoms with Crippen molar-refractivity contribution in [3.63, 3.8) is 0 Å². The lowest BCUT2D eigenvalue weighted by molar-refractivity contribution is 0.657. The average molecular weight is 108 g/mol. The van der Waals surface area contributed by atoms with Crippen molar-refractivity contribution in [3.8, 4) is 0 Å². The molecule has 1 saturated carbocycles. The predicted molar refractivity (Wildman–Crippen MR) is 34.6 cm³/mol. The van der Waals surface area contributed by atoms with E-state index in [1.165, 1.54) is 19.3 Å². The maximum Gasteiger partial charge on any atom is -0.0200 e. The highest BCUT2D eigenvalue weighted by atomic mass is 14.3. The summed E-state index contributed by atoms with van der Waals surface area (Å²) in [7, 11) is 0. The Bertz CT molecular complexity index is 133. The van der Waals surface area contributed by atoms with Gasteiger partial charge in [0.1, 0.15) is 0 Å². The summed E-state index contributed by atoms with van der Waals surface area (Å²) in [5.41, 5.74) is 1.67. The molecule has 0 aromatic heterocycles. The van der Waals surface area contributed by atoms with Gasteiger partial charge in [0.05, 0.1) is 0 Å². The Morgan fingerprint density at radius 2 is 2.38 bits per heavy atom. The van der Waals surface area contributed by atoms with E-state index in [4.69, 9.17) is 0 Å². The third kappa shape index (κ3) is 0.460. The van der Waals surface area contributed by atoms with Gasteiger partial charge >= 0.3 is 0 Å². The van der Waals surface area contributed by atoms with Crippen molar-refractivity contribution in [2.45, 2.75) is 26.2 Å². The summed E-state index contributed by atoms with van der Waals surface area (Å²) >= 11 is 0. The van der Waals surface area contributed by atoms with Gasteiger partial charge in [-0.3, -0.25) is 0 Å². The van der Waals surface area contributed by atoms with Crippen LogP contribution in [0.3, 0.4) is 0 Å². The van der Waals surface area contributed by atoms with Gasteiger partial charge in [-0.1, -0.05) is 11.6 Å². The summed E-state index contributed by atoms with van der Waals surface area (Å²) in [6, 6.07) is 0. The van der Waals surface area contributed by atoms with E-state index in [-0.39, 0.29) is 0 Å². The van der Waals surface area contributed by atoms with E-state index in [0.29, 0.717) is 0 Å². The molecule has 0 amide bonds. The first kappa shape index (κ1) is 4.60. The highest BCUT2D eigenvalue weighted by Gasteiger charge is 2.29. The number of rotatable bonds is 0. The van der Waals surface area contributed by atoms with E-state index in [0.717, 1.165) is 11.8 Å². The van der Waals surface area contributed by atoms with E-state index < -0.39 is 0 Å². The molecule has 44 valence electrons. The minimum absolute atomic E-state index is 0.986. The first-order chi connectivity index (χ1) is 3.86. The van der Waals surface area contributed by atoms with Crippen LogP contribution in [-0.4, -0.2) is 0 Å². The molecular formula is C8H12. The van der Waals surface area contributed by atoms with Crippen LogP contribution in [-0.2, 0) is 0 Å². The number of allylic oxidation sites excluding steroid dienone is 2. The van der Waals surface area contributed by atoms with Crippen LogP contribution in [0.25, 0.3) is 0 Å². The second-order valence-electron chi connectivity index (χ2n) is 3.18. The van der Waals surface area contributed by atoms with Crippen molar-refractivity contribution >= 4 is 0 Å². The Kier molecular flexibility index (Phi) is 0.787. The summed E-state index contributed by atoms with van der Waals surface area (Å²) in [6.45, 7) is 2.28. The molecule has 1 fully saturated rings. The molecular weight excluding hydrogens is 96.1 g/mol. The average Bonchev–Trinajstić information content (AvgIpc) is 2.23. The van der Waals surface area contributed by atoms with Crippen molar-refractivity contribution in [2.24, 2.45) is 11.8 Å². The van der Waals surface area contributed by atoms with E-state index >= 15 is 0 Å². The number of hydrogen-bond donors (Lipinski definition) is 0. The second kappa shape index (κ2) is 1.37. The zero-order valence-electron chi connectivity index (χ0n) is 5.35. The van der Waals surface area contributed by atoms with Crippen LogP contribution in [0.15, 0.2) is 11.6 Å². The van der Waals surface area contributed by atoms with Crippen molar-refractivity contribution in [1.29, 1.82) is 0 Å². The minimum atomic E-state index is 0.986. The zero-order valence-corrected chi connectivity index (χ0v) is 5.35. The van der Waals surface area contributed by atoms with Crippen LogP contribution in [0.2, 0.25) is 0 Å².